The summed E-state index contributed by atoms with van der Waals surface area (Å²) in [5.41, 5.74) is 1.98. The van der Waals surface area contributed by atoms with Gasteiger partial charge in [0.1, 0.15) is 0 Å². The van der Waals surface area contributed by atoms with E-state index in [9.17, 15) is 0 Å². The van der Waals surface area contributed by atoms with Gasteiger partial charge in [-0.25, -0.2) is 0 Å². The van der Waals surface area contributed by atoms with Crippen molar-refractivity contribution < 1.29 is 0 Å². The topological polar surface area (TPSA) is 15.3 Å². The predicted molar refractivity (Wildman–Crippen MR) is 58.1 cm³/mol. The molecule has 1 aliphatic carbocycles. The molecule has 2 nitrogen and oxygen atoms in total. The van der Waals surface area contributed by atoms with Crippen molar-refractivity contribution in [3.8, 4) is 0 Å². The minimum Gasteiger partial charge on any atom is -0.311 e. The van der Waals surface area contributed by atoms with Crippen LogP contribution in [0.15, 0.2) is 11.6 Å². The lowest BCUT2D eigenvalue weighted by molar-refractivity contribution is 0.0612. The van der Waals surface area contributed by atoms with Gasteiger partial charge >= 0.3 is 0 Å². The molecule has 76 valence electrons. The molecule has 0 aromatic rings. The highest BCUT2D eigenvalue weighted by molar-refractivity contribution is 6.25. The van der Waals surface area contributed by atoms with Crippen molar-refractivity contribution in [2.75, 3.05) is 27.2 Å². The van der Waals surface area contributed by atoms with Crippen LogP contribution >= 0.6 is 11.6 Å². The smallest absolute Gasteiger partial charge is 0.0328 e. The number of hydrogen-bond donors (Lipinski definition) is 1. The van der Waals surface area contributed by atoms with Crippen LogP contribution in [0.1, 0.15) is 19.3 Å². The first kappa shape index (κ1) is 11.0. The lowest BCUT2D eigenvalue weighted by Crippen LogP contribution is -2.56. The van der Waals surface area contributed by atoms with E-state index in [0.29, 0.717) is 5.54 Å². The molecule has 1 N–H and O–H groups in total. The molecule has 1 saturated carbocycles. The van der Waals surface area contributed by atoms with Crippen LogP contribution in [0.2, 0.25) is 0 Å². The van der Waals surface area contributed by atoms with Gasteiger partial charge in [0.05, 0.1) is 0 Å². The van der Waals surface area contributed by atoms with Crippen molar-refractivity contribution in [3.05, 3.63) is 11.6 Å². The van der Waals surface area contributed by atoms with E-state index in [0.717, 1.165) is 13.1 Å². The Kier molecular flexibility index (Phi) is 4.23. The quantitative estimate of drug-likeness (QED) is 0.685. The fourth-order valence-corrected chi connectivity index (χ4v) is 1.89. The fraction of sp³-hybridized carbons (Fsp3) is 0.800. The lowest BCUT2D eigenvalue weighted by Gasteiger charge is -2.47. The van der Waals surface area contributed by atoms with E-state index in [1.165, 1.54) is 19.3 Å². The van der Waals surface area contributed by atoms with Crippen LogP contribution in [0, 0.1) is 0 Å². The van der Waals surface area contributed by atoms with Gasteiger partial charge < -0.3 is 10.2 Å². The molecular weight excluding hydrogens is 184 g/mol. The summed E-state index contributed by atoms with van der Waals surface area (Å²) in [6.45, 7) is 1.94. The minimum atomic E-state index is 0.417. The number of likely N-dealkylation sites (N-methyl/N-ethyl adjacent to an activating group) is 1. The predicted octanol–water partition coefficient (Wildman–Crippen LogP) is 1.81. The highest BCUT2D eigenvalue weighted by atomic mass is 35.5. The van der Waals surface area contributed by atoms with Crippen molar-refractivity contribution in [2.45, 2.75) is 24.8 Å². The molecule has 1 fully saturated rings. The molecular formula is C10H19ClN2. The van der Waals surface area contributed by atoms with Crippen molar-refractivity contribution in [1.29, 1.82) is 0 Å². The largest absolute Gasteiger partial charge is 0.311 e. The van der Waals surface area contributed by atoms with Gasteiger partial charge in [0.2, 0.25) is 0 Å². The van der Waals surface area contributed by atoms with Gasteiger partial charge in [0, 0.05) is 24.2 Å². The third-order valence-electron chi connectivity index (χ3n) is 3.04. The van der Waals surface area contributed by atoms with Gasteiger partial charge in [-0.3, -0.25) is 0 Å². The summed E-state index contributed by atoms with van der Waals surface area (Å²) < 4.78 is 0. The van der Waals surface area contributed by atoms with E-state index >= 15 is 0 Å². The monoisotopic (exact) mass is 202 g/mol. The summed E-state index contributed by atoms with van der Waals surface area (Å²) in [5, 5.41) is 3.40. The molecule has 0 amide bonds. The fourth-order valence-electron chi connectivity index (χ4n) is 1.80. The molecule has 13 heavy (non-hydrogen) atoms. The Morgan fingerprint density at radius 2 is 2.15 bits per heavy atom. The Bertz CT molecular complexity index is 174. The van der Waals surface area contributed by atoms with Gasteiger partial charge in [-0.15, -0.1) is 0 Å². The zero-order valence-corrected chi connectivity index (χ0v) is 9.27. The maximum absolute atomic E-state index is 5.43. The Balaban J connectivity index is 2.24. The standard InChI is InChI=1S/C10H19ClN2/c1-13(2)10(5-3-6-10)9-12-8-4-7-11/h4,7,12H,3,5-6,8-9H2,1-2H3/b7-4+. The molecule has 3 heteroatoms. The molecule has 0 aromatic heterocycles. The van der Waals surface area contributed by atoms with E-state index in [2.05, 4.69) is 24.3 Å². The molecule has 0 heterocycles. The van der Waals surface area contributed by atoms with Crippen LogP contribution in [0.5, 0.6) is 0 Å². The van der Waals surface area contributed by atoms with Crippen LogP contribution in [0.3, 0.4) is 0 Å². The normalized spacial score (nSPS) is 20.9. The summed E-state index contributed by atoms with van der Waals surface area (Å²) in [4.78, 5) is 2.34. The second-order valence-corrected chi connectivity index (χ2v) is 4.22. The Hall–Kier alpha value is -0.0500. The molecule has 0 aliphatic heterocycles. The number of nitrogens with one attached hydrogen (secondary N) is 1. The zero-order chi connectivity index (χ0) is 9.73. The van der Waals surface area contributed by atoms with Crippen molar-refractivity contribution in [2.24, 2.45) is 0 Å². The van der Waals surface area contributed by atoms with Crippen LogP contribution in [-0.2, 0) is 0 Å². The maximum atomic E-state index is 5.43. The van der Waals surface area contributed by atoms with E-state index in [1.807, 2.05) is 6.08 Å². The summed E-state index contributed by atoms with van der Waals surface area (Å²) >= 11 is 5.43. The van der Waals surface area contributed by atoms with Gasteiger partial charge in [0.15, 0.2) is 0 Å². The summed E-state index contributed by atoms with van der Waals surface area (Å²) in [7, 11) is 4.33. The van der Waals surface area contributed by atoms with Gasteiger partial charge in [-0.05, 0) is 33.4 Å². The van der Waals surface area contributed by atoms with Crippen LogP contribution in [0.25, 0.3) is 0 Å². The average Bonchev–Trinajstić information content (AvgIpc) is 2.01. The van der Waals surface area contributed by atoms with E-state index < -0.39 is 0 Å². The highest BCUT2D eigenvalue weighted by Crippen LogP contribution is 2.35. The Morgan fingerprint density at radius 1 is 1.46 bits per heavy atom. The Morgan fingerprint density at radius 3 is 2.54 bits per heavy atom. The van der Waals surface area contributed by atoms with Gasteiger partial charge in [0.25, 0.3) is 0 Å². The summed E-state index contributed by atoms with van der Waals surface area (Å²) in [6.07, 6.45) is 5.93. The van der Waals surface area contributed by atoms with Crippen molar-refractivity contribution in [1.82, 2.24) is 10.2 Å². The van der Waals surface area contributed by atoms with E-state index in [-0.39, 0.29) is 0 Å². The van der Waals surface area contributed by atoms with E-state index in [4.69, 9.17) is 11.6 Å². The number of nitrogens with zero attached hydrogens (tertiary/aromatic N) is 1. The van der Waals surface area contributed by atoms with Gasteiger partial charge in [-0.1, -0.05) is 17.7 Å². The third kappa shape index (κ3) is 2.70. The van der Waals surface area contributed by atoms with Gasteiger partial charge in [-0.2, -0.15) is 0 Å². The zero-order valence-electron chi connectivity index (χ0n) is 8.52. The van der Waals surface area contributed by atoms with Crippen molar-refractivity contribution >= 4 is 11.6 Å². The summed E-state index contributed by atoms with van der Waals surface area (Å²) in [6, 6.07) is 0. The van der Waals surface area contributed by atoms with Crippen LogP contribution < -0.4 is 5.32 Å². The van der Waals surface area contributed by atoms with Crippen LogP contribution in [-0.4, -0.2) is 37.6 Å². The Labute approximate surface area is 85.9 Å². The maximum Gasteiger partial charge on any atom is 0.0328 e. The molecule has 0 radical (unpaired) electrons. The molecule has 0 spiro atoms. The molecule has 1 aliphatic rings. The first-order valence-electron chi connectivity index (χ1n) is 4.85. The summed E-state index contributed by atoms with van der Waals surface area (Å²) in [5.74, 6) is 0. The third-order valence-corrected chi connectivity index (χ3v) is 3.22. The molecule has 0 unspecified atom stereocenters. The molecule has 1 rings (SSSR count). The SMILES string of the molecule is CN(C)C1(CNC/C=C/Cl)CCC1. The second kappa shape index (κ2) is 4.99. The molecule has 0 aromatic carbocycles. The molecule has 0 bridgehead atoms. The lowest BCUT2D eigenvalue weighted by atomic mass is 9.75. The first-order chi connectivity index (χ1) is 6.21. The minimum absolute atomic E-state index is 0.417. The van der Waals surface area contributed by atoms with Crippen molar-refractivity contribution in [3.63, 3.8) is 0 Å². The number of hydrogen-bond acceptors (Lipinski definition) is 2. The second-order valence-electron chi connectivity index (χ2n) is 3.96. The number of rotatable bonds is 5. The van der Waals surface area contributed by atoms with E-state index in [1.54, 1.807) is 5.54 Å². The van der Waals surface area contributed by atoms with Crippen LogP contribution in [0.4, 0.5) is 0 Å². The molecule has 0 saturated heterocycles. The first-order valence-corrected chi connectivity index (χ1v) is 5.28. The highest BCUT2D eigenvalue weighted by Gasteiger charge is 2.38. The number of halogens is 1. The molecule has 0 atom stereocenters. The average molecular weight is 203 g/mol.